The van der Waals surface area contributed by atoms with Crippen LogP contribution >= 0.6 is 0 Å². The summed E-state index contributed by atoms with van der Waals surface area (Å²) >= 11 is 0. The van der Waals surface area contributed by atoms with E-state index >= 15 is 0 Å². The monoisotopic (exact) mass is 262 g/mol. The molecule has 3 rings (SSSR count). The highest BCUT2D eigenvalue weighted by molar-refractivity contribution is 5.49. The van der Waals surface area contributed by atoms with Crippen molar-refractivity contribution in [1.29, 1.82) is 0 Å². The summed E-state index contributed by atoms with van der Waals surface area (Å²) in [5.41, 5.74) is 2.60. The third-order valence-corrected chi connectivity index (χ3v) is 4.22. The zero-order valence-corrected chi connectivity index (χ0v) is 11.7. The first-order valence-electron chi connectivity index (χ1n) is 7.06. The summed E-state index contributed by atoms with van der Waals surface area (Å²) in [5, 5.41) is 6.89. The number of nitrogens with one attached hydrogen (secondary N) is 2. The summed E-state index contributed by atoms with van der Waals surface area (Å²) in [6, 6.07) is 4.62. The standard InChI is InChI=1S/C15H22N2O2/c1-10-5-14-15(19-9-18-14)7-12(10)13(16-2)6-11-3-4-17-8-11/h5,7,11,13,16-17H,3-4,6,8-9H2,1-2H3. The lowest BCUT2D eigenvalue weighted by Crippen LogP contribution is -2.22. The molecule has 2 N–H and O–H groups in total. The number of ether oxygens (including phenoxy) is 2. The Bertz CT molecular complexity index is 456. The van der Waals surface area contributed by atoms with Crippen molar-refractivity contribution in [3.05, 3.63) is 23.3 Å². The lowest BCUT2D eigenvalue weighted by Gasteiger charge is -2.22. The molecule has 0 radical (unpaired) electrons. The molecule has 1 saturated heterocycles. The maximum Gasteiger partial charge on any atom is 0.231 e. The second-order valence-corrected chi connectivity index (χ2v) is 5.50. The maximum absolute atomic E-state index is 5.50. The number of fused-ring (bicyclic) bond motifs is 1. The quantitative estimate of drug-likeness (QED) is 0.871. The first-order valence-corrected chi connectivity index (χ1v) is 7.06. The molecule has 1 aromatic carbocycles. The molecule has 1 aromatic rings. The van der Waals surface area contributed by atoms with E-state index in [1.54, 1.807) is 0 Å². The molecule has 2 heterocycles. The molecule has 2 atom stereocenters. The van der Waals surface area contributed by atoms with E-state index in [0.717, 1.165) is 30.5 Å². The van der Waals surface area contributed by atoms with Crippen LogP contribution < -0.4 is 20.1 Å². The van der Waals surface area contributed by atoms with Crippen LogP contribution in [0.25, 0.3) is 0 Å². The Morgan fingerprint density at radius 1 is 1.37 bits per heavy atom. The second-order valence-electron chi connectivity index (χ2n) is 5.50. The average molecular weight is 262 g/mol. The summed E-state index contributed by atoms with van der Waals surface area (Å²) in [5.74, 6) is 2.52. The van der Waals surface area contributed by atoms with Crippen LogP contribution in [0.1, 0.15) is 30.0 Å². The van der Waals surface area contributed by atoms with E-state index in [9.17, 15) is 0 Å². The van der Waals surface area contributed by atoms with Gasteiger partial charge < -0.3 is 20.1 Å². The Labute approximate surface area is 114 Å². The van der Waals surface area contributed by atoms with Crippen molar-refractivity contribution in [2.45, 2.75) is 25.8 Å². The Morgan fingerprint density at radius 3 is 2.84 bits per heavy atom. The number of benzene rings is 1. The molecule has 1 fully saturated rings. The molecule has 2 aliphatic rings. The van der Waals surface area contributed by atoms with Gasteiger partial charge in [0.05, 0.1) is 0 Å². The van der Waals surface area contributed by atoms with Gasteiger partial charge in [0, 0.05) is 6.04 Å². The molecule has 0 aliphatic carbocycles. The molecular weight excluding hydrogens is 240 g/mol. The van der Waals surface area contributed by atoms with Crippen LogP contribution in [0.3, 0.4) is 0 Å². The molecule has 2 unspecified atom stereocenters. The lowest BCUT2D eigenvalue weighted by atomic mass is 9.91. The van der Waals surface area contributed by atoms with Gasteiger partial charge in [0.25, 0.3) is 0 Å². The third-order valence-electron chi connectivity index (χ3n) is 4.22. The lowest BCUT2D eigenvalue weighted by molar-refractivity contribution is 0.174. The van der Waals surface area contributed by atoms with Gasteiger partial charge in [-0.05, 0) is 69.1 Å². The van der Waals surface area contributed by atoms with Gasteiger partial charge >= 0.3 is 0 Å². The van der Waals surface area contributed by atoms with Gasteiger partial charge in [-0.25, -0.2) is 0 Å². The van der Waals surface area contributed by atoms with Crippen LogP contribution in [0.5, 0.6) is 11.5 Å². The average Bonchev–Trinajstić information content (AvgIpc) is 3.05. The number of rotatable bonds is 4. The first-order chi connectivity index (χ1) is 9.28. The van der Waals surface area contributed by atoms with Gasteiger partial charge in [-0.2, -0.15) is 0 Å². The minimum Gasteiger partial charge on any atom is -0.454 e. The Balaban J connectivity index is 1.82. The summed E-state index contributed by atoms with van der Waals surface area (Å²) < 4.78 is 10.9. The SMILES string of the molecule is CNC(CC1CCNC1)c1cc2c(cc1C)OCO2. The zero-order chi connectivity index (χ0) is 13.2. The maximum atomic E-state index is 5.50. The van der Waals surface area contributed by atoms with Crippen molar-refractivity contribution in [2.24, 2.45) is 5.92 Å². The largest absolute Gasteiger partial charge is 0.454 e. The van der Waals surface area contributed by atoms with Gasteiger partial charge in [-0.15, -0.1) is 0 Å². The molecule has 0 amide bonds. The topological polar surface area (TPSA) is 42.5 Å². The van der Waals surface area contributed by atoms with E-state index in [2.05, 4.69) is 29.7 Å². The molecule has 19 heavy (non-hydrogen) atoms. The highest BCUT2D eigenvalue weighted by Gasteiger charge is 2.23. The molecule has 4 nitrogen and oxygen atoms in total. The van der Waals surface area contributed by atoms with Crippen molar-refractivity contribution in [3.8, 4) is 11.5 Å². The van der Waals surface area contributed by atoms with E-state index in [1.165, 1.54) is 24.0 Å². The summed E-state index contributed by atoms with van der Waals surface area (Å²) in [6.07, 6.45) is 2.45. The molecule has 4 heteroatoms. The van der Waals surface area contributed by atoms with Gasteiger partial charge in [-0.3, -0.25) is 0 Å². The molecule has 104 valence electrons. The predicted octanol–water partition coefficient (Wildman–Crippen LogP) is 1.98. The van der Waals surface area contributed by atoms with Crippen molar-refractivity contribution in [2.75, 3.05) is 26.9 Å². The van der Waals surface area contributed by atoms with Crippen LogP contribution in [0.15, 0.2) is 12.1 Å². The number of hydrogen-bond acceptors (Lipinski definition) is 4. The van der Waals surface area contributed by atoms with Gasteiger partial charge in [0.1, 0.15) is 0 Å². The highest BCUT2D eigenvalue weighted by atomic mass is 16.7. The highest BCUT2D eigenvalue weighted by Crippen LogP contribution is 2.38. The van der Waals surface area contributed by atoms with Crippen molar-refractivity contribution >= 4 is 0 Å². The van der Waals surface area contributed by atoms with E-state index in [-0.39, 0.29) is 0 Å². The number of aryl methyl sites for hydroxylation is 1. The van der Waals surface area contributed by atoms with Gasteiger partial charge in [0.15, 0.2) is 11.5 Å². The first kappa shape index (κ1) is 12.8. The van der Waals surface area contributed by atoms with E-state index in [4.69, 9.17) is 9.47 Å². The molecule has 0 saturated carbocycles. The molecule has 0 aromatic heterocycles. The molecular formula is C15H22N2O2. The van der Waals surface area contributed by atoms with E-state index < -0.39 is 0 Å². The van der Waals surface area contributed by atoms with Crippen LogP contribution in [0.4, 0.5) is 0 Å². The summed E-state index contributed by atoms with van der Waals surface area (Å²) in [6.45, 7) is 4.78. The fraction of sp³-hybridized carbons (Fsp3) is 0.600. The summed E-state index contributed by atoms with van der Waals surface area (Å²) in [7, 11) is 2.04. The van der Waals surface area contributed by atoms with Gasteiger partial charge in [-0.1, -0.05) is 0 Å². The van der Waals surface area contributed by atoms with Crippen molar-refractivity contribution in [1.82, 2.24) is 10.6 Å². The van der Waals surface area contributed by atoms with Crippen molar-refractivity contribution < 1.29 is 9.47 Å². The molecule has 2 aliphatic heterocycles. The Kier molecular flexibility index (Phi) is 3.62. The minimum atomic E-state index is 0.342. The van der Waals surface area contributed by atoms with Crippen LogP contribution in [-0.4, -0.2) is 26.9 Å². The third kappa shape index (κ3) is 2.55. The predicted molar refractivity (Wildman–Crippen MR) is 74.7 cm³/mol. The van der Waals surface area contributed by atoms with Gasteiger partial charge in [0.2, 0.25) is 6.79 Å². The zero-order valence-electron chi connectivity index (χ0n) is 11.7. The van der Waals surface area contributed by atoms with Crippen molar-refractivity contribution in [3.63, 3.8) is 0 Å². The van der Waals surface area contributed by atoms with Crippen LogP contribution in [0, 0.1) is 12.8 Å². The van der Waals surface area contributed by atoms with E-state index in [1.807, 2.05) is 7.05 Å². The number of hydrogen-bond donors (Lipinski definition) is 2. The molecule has 0 bridgehead atoms. The second kappa shape index (κ2) is 5.39. The van der Waals surface area contributed by atoms with Crippen LogP contribution in [-0.2, 0) is 0 Å². The smallest absolute Gasteiger partial charge is 0.231 e. The van der Waals surface area contributed by atoms with E-state index in [0.29, 0.717) is 12.8 Å². The fourth-order valence-electron chi connectivity index (χ4n) is 3.08. The van der Waals surface area contributed by atoms with Crippen LogP contribution in [0.2, 0.25) is 0 Å². The fourth-order valence-corrected chi connectivity index (χ4v) is 3.08. The normalized spacial score (nSPS) is 22.7. The Morgan fingerprint density at radius 2 is 2.16 bits per heavy atom. The Hall–Kier alpha value is -1.26. The molecule has 0 spiro atoms. The summed E-state index contributed by atoms with van der Waals surface area (Å²) in [4.78, 5) is 0. The minimum absolute atomic E-state index is 0.342.